The van der Waals surface area contributed by atoms with Crippen molar-refractivity contribution in [2.45, 2.75) is 19.3 Å². The second-order valence-corrected chi connectivity index (χ2v) is 3.95. The average molecular weight is 229 g/mol. The van der Waals surface area contributed by atoms with Gasteiger partial charge >= 0.3 is 0 Å². The number of carbonyl (C=O) groups excluding carboxylic acids is 1. The van der Waals surface area contributed by atoms with Gasteiger partial charge in [0, 0.05) is 6.08 Å². The maximum absolute atomic E-state index is 10.0. The van der Waals surface area contributed by atoms with E-state index in [4.69, 9.17) is 23.2 Å². The summed E-state index contributed by atoms with van der Waals surface area (Å²) < 4.78 is 0. The van der Waals surface area contributed by atoms with Crippen LogP contribution in [0.1, 0.15) is 24.8 Å². The molecule has 0 aliphatic rings. The van der Waals surface area contributed by atoms with Crippen molar-refractivity contribution in [1.29, 1.82) is 0 Å². The van der Waals surface area contributed by atoms with Gasteiger partial charge in [-0.2, -0.15) is 0 Å². The van der Waals surface area contributed by atoms with Crippen molar-refractivity contribution in [3.63, 3.8) is 0 Å². The van der Waals surface area contributed by atoms with E-state index in [1.54, 1.807) is 12.0 Å². The molecule has 0 aliphatic carbocycles. The maximum atomic E-state index is 10.0. The number of hydrogen-bond acceptors (Lipinski definition) is 1. The molecule has 3 heteroatoms. The van der Waals surface area contributed by atoms with Crippen LogP contribution in [0.3, 0.4) is 0 Å². The Kier molecular flexibility index (Phi) is 4.21. The molecule has 0 saturated heterocycles. The van der Waals surface area contributed by atoms with E-state index in [-0.39, 0.29) is 5.92 Å². The lowest BCUT2D eigenvalue weighted by Gasteiger charge is -2.09. The maximum Gasteiger partial charge on any atom is 0.120 e. The van der Waals surface area contributed by atoms with Crippen LogP contribution < -0.4 is 0 Å². The first-order valence-corrected chi connectivity index (χ1v) is 5.05. The highest BCUT2D eigenvalue weighted by Gasteiger charge is 2.06. The van der Waals surface area contributed by atoms with Gasteiger partial charge in [-0.25, -0.2) is 4.79 Å². The molecule has 74 valence electrons. The number of benzene rings is 1. The third-order valence-corrected chi connectivity index (χ3v) is 2.81. The van der Waals surface area contributed by atoms with Gasteiger partial charge in [-0.1, -0.05) is 36.2 Å². The first-order valence-electron chi connectivity index (χ1n) is 4.29. The molecule has 0 heterocycles. The molecule has 0 aromatic heterocycles. The summed E-state index contributed by atoms with van der Waals surface area (Å²) in [6.45, 7) is 2.02. The first kappa shape index (κ1) is 11.3. The number of rotatable bonds is 3. The van der Waals surface area contributed by atoms with Crippen molar-refractivity contribution >= 4 is 29.1 Å². The molecule has 0 aliphatic heterocycles. The van der Waals surface area contributed by atoms with Crippen molar-refractivity contribution in [1.82, 2.24) is 0 Å². The van der Waals surface area contributed by atoms with Crippen molar-refractivity contribution in [2.24, 2.45) is 0 Å². The van der Waals surface area contributed by atoms with Crippen LogP contribution >= 0.6 is 23.2 Å². The largest absolute Gasteiger partial charge is 0.234 e. The lowest BCUT2D eigenvalue weighted by molar-refractivity contribution is 0.567. The third-order valence-electron chi connectivity index (χ3n) is 2.07. The van der Waals surface area contributed by atoms with Gasteiger partial charge in [0.2, 0.25) is 0 Å². The lowest BCUT2D eigenvalue weighted by Crippen LogP contribution is -1.91. The molecule has 1 rings (SSSR count). The highest BCUT2D eigenvalue weighted by Crippen LogP contribution is 2.27. The van der Waals surface area contributed by atoms with Crippen LogP contribution in [0, 0.1) is 0 Å². The van der Waals surface area contributed by atoms with Gasteiger partial charge in [0.15, 0.2) is 0 Å². The Labute approximate surface area is 93.3 Å². The zero-order chi connectivity index (χ0) is 10.6. The monoisotopic (exact) mass is 228 g/mol. The average Bonchev–Trinajstić information content (AvgIpc) is 2.18. The summed E-state index contributed by atoms with van der Waals surface area (Å²) >= 11 is 11.7. The zero-order valence-corrected chi connectivity index (χ0v) is 9.27. The molecule has 14 heavy (non-hydrogen) atoms. The fourth-order valence-corrected chi connectivity index (χ4v) is 1.49. The Bertz CT molecular complexity index is 368. The van der Waals surface area contributed by atoms with E-state index in [1.165, 1.54) is 6.08 Å². The summed E-state index contributed by atoms with van der Waals surface area (Å²) in [5.41, 5.74) is 1.07. The van der Waals surface area contributed by atoms with Crippen LogP contribution in [0.4, 0.5) is 0 Å². The molecule has 0 bridgehead atoms. The fourth-order valence-electron chi connectivity index (χ4n) is 1.18. The van der Waals surface area contributed by atoms with E-state index >= 15 is 0 Å². The van der Waals surface area contributed by atoms with E-state index in [0.29, 0.717) is 16.5 Å². The van der Waals surface area contributed by atoms with Gasteiger partial charge in [-0.3, -0.25) is 0 Å². The summed E-state index contributed by atoms with van der Waals surface area (Å²) in [5, 5.41) is 1.10. The minimum absolute atomic E-state index is 0.256. The Hall–Kier alpha value is -0.750. The van der Waals surface area contributed by atoms with Crippen molar-refractivity contribution in [2.75, 3.05) is 0 Å². The van der Waals surface area contributed by atoms with Crippen LogP contribution in [0.5, 0.6) is 0 Å². The van der Waals surface area contributed by atoms with E-state index in [0.717, 1.165) is 5.56 Å². The molecular formula is C11H10Cl2O. The zero-order valence-electron chi connectivity index (χ0n) is 7.76. The van der Waals surface area contributed by atoms with Crippen molar-refractivity contribution in [3.05, 3.63) is 39.9 Å². The van der Waals surface area contributed by atoms with E-state index in [9.17, 15) is 4.79 Å². The summed E-state index contributed by atoms with van der Waals surface area (Å²) in [6, 6.07) is 5.51. The Balaban J connectivity index is 2.85. The van der Waals surface area contributed by atoms with E-state index in [2.05, 4.69) is 0 Å². The lowest BCUT2D eigenvalue weighted by atomic mass is 9.98. The Morgan fingerprint density at radius 1 is 1.43 bits per heavy atom. The smallest absolute Gasteiger partial charge is 0.120 e. The molecule has 0 radical (unpaired) electrons. The van der Waals surface area contributed by atoms with E-state index < -0.39 is 0 Å². The fraction of sp³-hybridized carbons (Fsp3) is 0.273. The number of hydrogen-bond donors (Lipinski definition) is 0. The first-order chi connectivity index (χ1) is 6.65. The van der Waals surface area contributed by atoms with Gasteiger partial charge in [-0.15, -0.1) is 0 Å². The number of halogens is 2. The molecule has 1 aromatic carbocycles. The van der Waals surface area contributed by atoms with E-state index in [1.807, 2.05) is 19.1 Å². The molecular weight excluding hydrogens is 219 g/mol. The third kappa shape index (κ3) is 2.88. The van der Waals surface area contributed by atoms with Crippen molar-refractivity contribution in [3.8, 4) is 0 Å². The second-order valence-electron chi connectivity index (χ2n) is 3.13. The van der Waals surface area contributed by atoms with Gasteiger partial charge in [0.1, 0.15) is 5.94 Å². The Morgan fingerprint density at radius 2 is 2.14 bits per heavy atom. The topological polar surface area (TPSA) is 17.1 Å². The molecule has 0 saturated carbocycles. The highest BCUT2D eigenvalue weighted by molar-refractivity contribution is 6.42. The standard InChI is InChI=1S/C11H10Cl2O/c1-8(3-2-6-14)9-4-5-10(12)11(13)7-9/h2,4-5,7-8H,3H2,1H3. The second kappa shape index (κ2) is 5.21. The van der Waals surface area contributed by atoms with Gasteiger partial charge in [0.05, 0.1) is 10.0 Å². The minimum atomic E-state index is 0.256. The summed E-state index contributed by atoms with van der Waals surface area (Å²) in [7, 11) is 0. The predicted octanol–water partition coefficient (Wildman–Crippen LogP) is 3.87. The SMILES string of the molecule is CC(CC=C=O)c1ccc(Cl)c(Cl)c1. The van der Waals surface area contributed by atoms with Crippen LogP contribution in [0.25, 0.3) is 0 Å². The molecule has 0 spiro atoms. The minimum Gasteiger partial charge on any atom is -0.234 e. The van der Waals surface area contributed by atoms with Crippen molar-refractivity contribution < 1.29 is 4.79 Å². The van der Waals surface area contributed by atoms with Crippen LogP contribution in [0.2, 0.25) is 10.0 Å². The Morgan fingerprint density at radius 3 is 2.71 bits per heavy atom. The molecule has 0 fully saturated rings. The molecule has 0 N–H and O–H groups in total. The molecule has 0 amide bonds. The quantitative estimate of drug-likeness (QED) is 0.719. The predicted molar refractivity (Wildman–Crippen MR) is 59.8 cm³/mol. The molecule has 1 atom stereocenters. The normalized spacial score (nSPS) is 11.9. The molecule has 1 nitrogen and oxygen atoms in total. The van der Waals surface area contributed by atoms with Gasteiger partial charge in [-0.05, 0) is 30.0 Å². The summed E-state index contributed by atoms with van der Waals surface area (Å²) in [4.78, 5) is 10.0. The molecule has 1 unspecified atom stereocenters. The van der Waals surface area contributed by atoms with Gasteiger partial charge < -0.3 is 0 Å². The molecule has 1 aromatic rings. The van der Waals surface area contributed by atoms with Crippen LogP contribution in [0.15, 0.2) is 24.3 Å². The summed E-state index contributed by atoms with van der Waals surface area (Å²) in [5.74, 6) is 2.02. The van der Waals surface area contributed by atoms with Crippen LogP contribution in [-0.4, -0.2) is 5.94 Å². The highest BCUT2D eigenvalue weighted by atomic mass is 35.5. The van der Waals surface area contributed by atoms with Gasteiger partial charge in [0.25, 0.3) is 0 Å². The summed E-state index contributed by atoms with van der Waals surface area (Å²) in [6.07, 6.45) is 2.15. The van der Waals surface area contributed by atoms with Crippen LogP contribution in [-0.2, 0) is 4.79 Å². The number of allylic oxidation sites excluding steroid dienone is 1.